The highest BCUT2D eigenvalue weighted by Crippen LogP contribution is 2.28. The van der Waals surface area contributed by atoms with Crippen LogP contribution in [0.5, 0.6) is 0 Å². The Morgan fingerprint density at radius 3 is 1.64 bits per heavy atom. The van der Waals surface area contributed by atoms with Crippen molar-refractivity contribution in [2.75, 3.05) is 0 Å². The fourth-order valence-electron chi connectivity index (χ4n) is 2.71. The van der Waals surface area contributed by atoms with Crippen molar-refractivity contribution in [2.24, 2.45) is 5.73 Å². The van der Waals surface area contributed by atoms with E-state index in [1.165, 1.54) is 0 Å². The molecule has 2 atom stereocenters. The third-order valence-electron chi connectivity index (χ3n) is 4.04. The Morgan fingerprint density at radius 2 is 1.12 bits per heavy atom. The molecule has 0 saturated heterocycles. The van der Waals surface area contributed by atoms with E-state index in [1.54, 1.807) is 30.3 Å². The van der Waals surface area contributed by atoms with Crippen molar-refractivity contribution >= 4 is 10.0 Å². The first-order valence-corrected chi connectivity index (χ1v) is 9.49. The molecule has 0 spiro atoms. The zero-order chi connectivity index (χ0) is 17.7. The molecule has 0 unspecified atom stereocenters. The van der Waals surface area contributed by atoms with Crippen LogP contribution in [-0.2, 0) is 10.0 Å². The molecule has 128 valence electrons. The Morgan fingerprint density at radius 1 is 0.680 bits per heavy atom. The molecule has 0 aromatic heterocycles. The Bertz CT molecular complexity index is 898. The van der Waals surface area contributed by atoms with E-state index in [9.17, 15) is 8.42 Å². The van der Waals surface area contributed by atoms with Gasteiger partial charge in [-0.05, 0) is 23.3 Å². The third-order valence-corrected chi connectivity index (χ3v) is 5.49. The van der Waals surface area contributed by atoms with Crippen LogP contribution in [0.4, 0.5) is 0 Å². The van der Waals surface area contributed by atoms with Gasteiger partial charge in [-0.25, -0.2) is 13.1 Å². The lowest BCUT2D eigenvalue weighted by molar-refractivity contribution is 0.504. The molecular weight excluding hydrogens is 332 g/mol. The van der Waals surface area contributed by atoms with E-state index >= 15 is 0 Å². The summed E-state index contributed by atoms with van der Waals surface area (Å²) < 4.78 is 28.3. The van der Waals surface area contributed by atoms with Gasteiger partial charge in [0, 0.05) is 0 Å². The highest BCUT2D eigenvalue weighted by atomic mass is 32.2. The van der Waals surface area contributed by atoms with Crippen LogP contribution in [-0.4, -0.2) is 8.42 Å². The topological polar surface area (TPSA) is 72.2 Å². The van der Waals surface area contributed by atoms with Crippen molar-refractivity contribution < 1.29 is 8.42 Å². The van der Waals surface area contributed by atoms with E-state index in [4.69, 9.17) is 5.73 Å². The lowest BCUT2D eigenvalue weighted by atomic mass is 9.95. The fourth-order valence-corrected chi connectivity index (χ4v) is 3.98. The van der Waals surface area contributed by atoms with Crippen LogP contribution in [0.15, 0.2) is 95.9 Å². The smallest absolute Gasteiger partial charge is 0.241 e. The normalized spacial score (nSPS) is 14.0. The molecule has 3 aromatic rings. The second-order valence-corrected chi connectivity index (χ2v) is 7.47. The lowest BCUT2D eigenvalue weighted by Crippen LogP contribution is -2.36. The van der Waals surface area contributed by atoms with E-state index in [-0.39, 0.29) is 4.90 Å². The molecule has 25 heavy (non-hydrogen) atoms. The number of sulfonamides is 1. The number of nitrogens with one attached hydrogen (secondary N) is 1. The second-order valence-electron chi connectivity index (χ2n) is 5.76. The van der Waals surface area contributed by atoms with Crippen molar-refractivity contribution in [2.45, 2.75) is 17.0 Å². The number of hydrogen-bond acceptors (Lipinski definition) is 3. The Hall–Kier alpha value is -2.47. The first-order chi connectivity index (χ1) is 12.1. The predicted octanol–water partition coefficient (Wildman–Crippen LogP) is 3.41. The quantitative estimate of drug-likeness (QED) is 0.714. The Balaban J connectivity index is 1.98. The molecule has 0 aliphatic rings. The van der Waals surface area contributed by atoms with Gasteiger partial charge in [0.05, 0.1) is 17.0 Å². The molecule has 3 rings (SSSR count). The molecule has 4 nitrogen and oxygen atoms in total. The molecule has 0 radical (unpaired) electrons. The van der Waals surface area contributed by atoms with E-state index in [2.05, 4.69) is 4.72 Å². The van der Waals surface area contributed by atoms with Gasteiger partial charge in [0.25, 0.3) is 0 Å². The number of nitrogens with two attached hydrogens (primary N) is 1. The SMILES string of the molecule is N[C@@H](c1ccccc1)[C@@H](NS(=O)(=O)c1ccccc1)c1ccccc1. The molecule has 0 heterocycles. The Kier molecular flexibility index (Phi) is 5.28. The summed E-state index contributed by atoms with van der Waals surface area (Å²) in [6.45, 7) is 0. The first kappa shape index (κ1) is 17.4. The molecule has 3 aromatic carbocycles. The van der Waals surface area contributed by atoms with Crippen LogP contribution in [0.3, 0.4) is 0 Å². The van der Waals surface area contributed by atoms with Gasteiger partial charge >= 0.3 is 0 Å². The average Bonchev–Trinajstić information content (AvgIpc) is 2.68. The van der Waals surface area contributed by atoms with Crippen molar-refractivity contribution in [3.8, 4) is 0 Å². The number of hydrogen-bond donors (Lipinski definition) is 2. The van der Waals surface area contributed by atoms with Gasteiger partial charge in [-0.3, -0.25) is 0 Å². The standard InChI is InChI=1S/C20H20N2O2S/c21-19(16-10-4-1-5-11-16)20(17-12-6-2-7-13-17)22-25(23,24)18-14-8-3-9-15-18/h1-15,19-20,22H,21H2/t19-,20-/m0/s1. The zero-order valence-corrected chi connectivity index (χ0v) is 14.4. The molecular formula is C20H20N2O2S. The van der Waals surface area contributed by atoms with Crippen LogP contribution in [0, 0.1) is 0 Å². The van der Waals surface area contributed by atoms with Gasteiger partial charge in [-0.15, -0.1) is 0 Å². The van der Waals surface area contributed by atoms with Gasteiger partial charge < -0.3 is 5.73 Å². The van der Waals surface area contributed by atoms with Crippen molar-refractivity contribution in [1.82, 2.24) is 4.72 Å². The lowest BCUT2D eigenvalue weighted by Gasteiger charge is -2.26. The summed E-state index contributed by atoms with van der Waals surface area (Å²) in [5, 5.41) is 0. The first-order valence-electron chi connectivity index (χ1n) is 8.01. The zero-order valence-electron chi connectivity index (χ0n) is 13.6. The molecule has 3 N–H and O–H groups in total. The maximum absolute atomic E-state index is 12.8. The van der Waals surface area contributed by atoms with Gasteiger partial charge in [0.15, 0.2) is 0 Å². The summed E-state index contributed by atoms with van der Waals surface area (Å²) in [7, 11) is -3.69. The summed E-state index contributed by atoms with van der Waals surface area (Å²) in [6, 6.07) is 26.1. The van der Waals surface area contributed by atoms with E-state index in [0.717, 1.165) is 11.1 Å². The van der Waals surface area contributed by atoms with E-state index in [0.29, 0.717) is 0 Å². The van der Waals surface area contributed by atoms with Crippen molar-refractivity contribution in [3.63, 3.8) is 0 Å². The van der Waals surface area contributed by atoms with Crippen LogP contribution < -0.4 is 10.5 Å². The van der Waals surface area contributed by atoms with Crippen LogP contribution in [0.1, 0.15) is 23.2 Å². The Labute approximate surface area is 148 Å². The van der Waals surface area contributed by atoms with E-state index in [1.807, 2.05) is 60.7 Å². The summed E-state index contributed by atoms with van der Waals surface area (Å²) in [5.41, 5.74) is 8.12. The minimum absolute atomic E-state index is 0.219. The van der Waals surface area contributed by atoms with Crippen LogP contribution >= 0.6 is 0 Å². The van der Waals surface area contributed by atoms with E-state index < -0.39 is 22.1 Å². The number of benzene rings is 3. The highest BCUT2D eigenvalue weighted by Gasteiger charge is 2.27. The average molecular weight is 352 g/mol. The molecule has 0 amide bonds. The largest absolute Gasteiger partial charge is 0.322 e. The molecule has 0 aliphatic carbocycles. The molecule has 0 bridgehead atoms. The molecule has 5 heteroatoms. The predicted molar refractivity (Wildman–Crippen MR) is 99.3 cm³/mol. The van der Waals surface area contributed by atoms with Crippen LogP contribution in [0.25, 0.3) is 0 Å². The molecule has 0 aliphatic heterocycles. The fraction of sp³-hybridized carbons (Fsp3) is 0.100. The minimum atomic E-state index is -3.69. The maximum atomic E-state index is 12.8. The minimum Gasteiger partial charge on any atom is -0.322 e. The number of rotatable bonds is 6. The highest BCUT2D eigenvalue weighted by molar-refractivity contribution is 7.89. The summed E-state index contributed by atoms with van der Waals surface area (Å²) in [6.07, 6.45) is 0. The second kappa shape index (κ2) is 7.61. The van der Waals surface area contributed by atoms with Gasteiger partial charge in [0.1, 0.15) is 0 Å². The van der Waals surface area contributed by atoms with Gasteiger partial charge in [-0.2, -0.15) is 0 Å². The monoisotopic (exact) mass is 352 g/mol. The van der Waals surface area contributed by atoms with Crippen molar-refractivity contribution in [1.29, 1.82) is 0 Å². The third kappa shape index (κ3) is 4.14. The maximum Gasteiger partial charge on any atom is 0.241 e. The summed E-state index contributed by atoms with van der Waals surface area (Å²) >= 11 is 0. The van der Waals surface area contributed by atoms with Gasteiger partial charge in [0.2, 0.25) is 10.0 Å². The molecule has 0 fully saturated rings. The molecule has 0 saturated carbocycles. The van der Waals surface area contributed by atoms with Gasteiger partial charge in [-0.1, -0.05) is 78.9 Å². The summed E-state index contributed by atoms with van der Waals surface area (Å²) in [4.78, 5) is 0.219. The summed E-state index contributed by atoms with van der Waals surface area (Å²) in [5.74, 6) is 0. The van der Waals surface area contributed by atoms with Crippen LogP contribution in [0.2, 0.25) is 0 Å². The van der Waals surface area contributed by atoms with Crippen molar-refractivity contribution in [3.05, 3.63) is 102 Å².